The van der Waals surface area contributed by atoms with Gasteiger partial charge in [-0.2, -0.15) is 9.19 Å². The number of aromatic nitrogens is 3. The zero-order valence-corrected chi connectivity index (χ0v) is 23.9. The van der Waals surface area contributed by atoms with Crippen molar-refractivity contribution in [2.75, 3.05) is 51.3 Å². The molecule has 3 heterocycles. The van der Waals surface area contributed by atoms with Crippen molar-refractivity contribution < 1.29 is 18.3 Å². The molecule has 5 rings (SSSR count). The Morgan fingerprint density at radius 1 is 1.18 bits per heavy atom. The molecule has 1 aliphatic heterocycles. The quantitative estimate of drug-likeness (QED) is 0.389. The number of likely N-dealkylation sites (N-methyl/N-ethyl adjacent to an activating group) is 1. The third-order valence-electron chi connectivity index (χ3n) is 7.15. The molecule has 11 heteroatoms. The highest BCUT2D eigenvalue weighted by Crippen LogP contribution is 2.39. The van der Waals surface area contributed by atoms with Gasteiger partial charge in [0.15, 0.2) is 0 Å². The van der Waals surface area contributed by atoms with E-state index in [1.165, 1.54) is 0 Å². The molecule has 1 fully saturated rings. The number of nitrogens with zero attached hydrogens (tertiary/aromatic N) is 5. The molecule has 1 unspecified atom stereocenters. The number of rotatable bonds is 8. The minimum atomic E-state index is -3.93. The molecular formula is C27H32BrN5O4S. The fraction of sp³-hybridized carbons (Fsp3) is 0.407. The molecule has 38 heavy (non-hydrogen) atoms. The van der Waals surface area contributed by atoms with Crippen LogP contribution in [0.4, 0.5) is 5.69 Å². The van der Waals surface area contributed by atoms with E-state index in [-0.39, 0.29) is 6.61 Å². The van der Waals surface area contributed by atoms with Gasteiger partial charge in [-0.1, -0.05) is 34.1 Å². The highest BCUT2D eigenvalue weighted by molar-refractivity contribution is 9.11. The van der Waals surface area contributed by atoms with Crippen LogP contribution in [0.25, 0.3) is 22.2 Å². The van der Waals surface area contributed by atoms with Gasteiger partial charge in [0, 0.05) is 60.8 Å². The predicted octanol–water partition coefficient (Wildman–Crippen LogP) is 3.79. The maximum Gasteiger partial charge on any atom is 0.263 e. The zero-order valence-electron chi connectivity index (χ0n) is 21.5. The third-order valence-corrected chi connectivity index (χ3v) is 9.84. The van der Waals surface area contributed by atoms with E-state index < -0.39 is 14.8 Å². The molecule has 2 aliphatic rings. The lowest BCUT2D eigenvalue weighted by atomic mass is 10.0. The predicted molar refractivity (Wildman–Crippen MR) is 153 cm³/mol. The minimum Gasteiger partial charge on any atom is -0.491 e. The van der Waals surface area contributed by atoms with E-state index in [1.807, 2.05) is 30.4 Å². The molecule has 1 aliphatic carbocycles. The normalized spacial score (nSPS) is 20.6. The molecular weight excluding hydrogens is 570 g/mol. The van der Waals surface area contributed by atoms with Gasteiger partial charge in [0.25, 0.3) is 10.0 Å². The standard InChI is InChI=1S/C27H32BrN5O4S/c1-27(9-3-5-21(28)18-27)38(35,36)33-24-19-29-10-8-22(24)26(30-33)20-6-7-23(25(17-20)37-16-4-15-34)32-13-11-31(2)12-14-32/h3,5-8,10,17-19,34H,4,9,11-16H2,1-2H3. The van der Waals surface area contributed by atoms with Gasteiger partial charge in [-0.15, -0.1) is 0 Å². The van der Waals surface area contributed by atoms with Gasteiger partial charge in [-0.3, -0.25) is 4.98 Å². The fourth-order valence-electron chi connectivity index (χ4n) is 4.85. The molecule has 1 N–H and O–H groups in total. The lowest BCUT2D eigenvalue weighted by Crippen LogP contribution is -2.44. The summed E-state index contributed by atoms with van der Waals surface area (Å²) in [5.74, 6) is 0.691. The van der Waals surface area contributed by atoms with Gasteiger partial charge in [0.05, 0.1) is 18.5 Å². The SMILES string of the molecule is CN1CCN(c2ccc(-c3nn(S(=O)(=O)C4(C)C=C(Br)C=CC4)c4cnccc34)cc2OCCCO)CC1. The second-order valence-corrected chi connectivity index (χ2v) is 13.1. The number of halogens is 1. The number of anilines is 1. The molecule has 1 saturated heterocycles. The van der Waals surface area contributed by atoms with Crippen molar-refractivity contribution in [1.82, 2.24) is 19.1 Å². The van der Waals surface area contributed by atoms with E-state index in [2.05, 4.69) is 42.9 Å². The van der Waals surface area contributed by atoms with Crippen LogP contribution in [0.15, 0.2) is 59.4 Å². The lowest BCUT2D eigenvalue weighted by Gasteiger charge is -2.35. The summed E-state index contributed by atoms with van der Waals surface area (Å²) in [6.45, 7) is 5.79. The van der Waals surface area contributed by atoms with E-state index in [9.17, 15) is 13.5 Å². The van der Waals surface area contributed by atoms with Gasteiger partial charge in [0.2, 0.25) is 0 Å². The van der Waals surface area contributed by atoms with Crippen LogP contribution < -0.4 is 9.64 Å². The number of benzene rings is 1. The first-order chi connectivity index (χ1) is 18.2. The lowest BCUT2D eigenvalue weighted by molar-refractivity contribution is 0.233. The van der Waals surface area contributed by atoms with Crippen LogP contribution in [-0.2, 0) is 10.0 Å². The average Bonchev–Trinajstić information content (AvgIpc) is 3.30. The van der Waals surface area contributed by atoms with Gasteiger partial charge in [-0.05, 0) is 44.7 Å². The molecule has 0 radical (unpaired) electrons. The van der Waals surface area contributed by atoms with E-state index >= 15 is 0 Å². The first-order valence-corrected chi connectivity index (χ1v) is 14.9. The molecule has 3 aromatic rings. The Morgan fingerprint density at radius 2 is 1.97 bits per heavy atom. The Bertz CT molecular complexity index is 1490. The van der Waals surface area contributed by atoms with Crippen molar-refractivity contribution in [3.05, 3.63) is 59.4 Å². The average molecular weight is 603 g/mol. The molecule has 0 saturated carbocycles. The van der Waals surface area contributed by atoms with Crippen LogP contribution >= 0.6 is 15.9 Å². The number of allylic oxidation sites excluding steroid dienone is 3. The topological polar surface area (TPSA) is 101 Å². The number of fused-ring (bicyclic) bond motifs is 1. The van der Waals surface area contributed by atoms with Crippen LogP contribution in [0.5, 0.6) is 5.75 Å². The largest absolute Gasteiger partial charge is 0.491 e. The smallest absolute Gasteiger partial charge is 0.263 e. The number of ether oxygens (including phenoxy) is 1. The van der Waals surface area contributed by atoms with Crippen molar-refractivity contribution in [3.8, 4) is 17.0 Å². The molecule has 2 aromatic heterocycles. The van der Waals surface area contributed by atoms with E-state index in [4.69, 9.17) is 4.74 Å². The van der Waals surface area contributed by atoms with Crippen molar-refractivity contribution in [2.45, 2.75) is 24.5 Å². The highest BCUT2D eigenvalue weighted by Gasteiger charge is 2.41. The third kappa shape index (κ3) is 5.00. The monoisotopic (exact) mass is 601 g/mol. The number of hydrogen-bond acceptors (Lipinski definition) is 8. The summed E-state index contributed by atoms with van der Waals surface area (Å²) in [7, 11) is -1.82. The second kappa shape index (κ2) is 10.8. The van der Waals surface area contributed by atoms with Gasteiger partial charge < -0.3 is 19.6 Å². The fourth-order valence-corrected chi connectivity index (χ4v) is 7.26. The molecule has 1 atom stereocenters. The second-order valence-electron chi connectivity index (χ2n) is 9.94. The van der Waals surface area contributed by atoms with Gasteiger partial charge >= 0.3 is 0 Å². The summed E-state index contributed by atoms with van der Waals surface area (Å²) < 4.78 is 34.7. The summed E-state index contributed by atoms with van der Waals surface area (Å²) in [6.07, 6.45) is 9.45. The first-order valence-electron chi connectivity index (χ1n) is 12.7. The summed E-state index contributed by atoms with van der Waals surface area (Å²) in [5, 5.41) is 14.6. The van der Waals surface area contributed by atoms with E-state index in [0.717, 1.165) is 41.5 Å². The van der Waals surface area contributed by atoms with Gasteiger partial charge in [0.1, 0.15) is 21.7 Å². The number of aliphatic hydroxyl groups excluding tert-OH is 1. The molecule has 0 amide bonds. The summed E-state index contributed by atoms with van der Waals surface area (Å²) in [6, 6.07) is 7.70. The summed E-state index contributed by atoms with van der Waals surface area (Å²) in [5.41, 5.74) is 2.70. The molecule has 0 bridgehead atoms. The number of pyridine rings is 1. The Hall–Kier alpha value is -2.73. The van der Waals surface area contributed by atoms with Crippen LogP contribution in [-0.4, -0.2) is 83.8 Å². The van der Waals surface area contributed by atoms with Crippen LogP contribution in [0.1, 0.15) is 19.8 Å². The van der Waals surface area contributed by atoms with Crippen LogP contribution in [0, 0.1) is 0 Å². The molecule has 9 nitrogen and oxygen atoms in total. The molecule has 0 spiro atoms. The summed E-state index contributed by atoms with van der Waals surface area (Å²) >= 11 is 3.43. The Kier molecular flexibility index (Phi) is 7.63. The maximum atomic E-state index is 14.0. The molecule has 202 valence electrons. The van der Waals surface area contributed by atoms with E-state index in [0.29, 0.717) is 46.3 Å². The Balaban J connectivity index is 1.60. The van der Waals surface area contributed by atoms with Crippen molar-refractivity contribution in [3.63, 3.8) is 0 Å². The van der Waals surface area contributed by atoms with Crippen molar-refractivity contribution >= 4 is 42.5 Å². The summed E-state index contributed by atoms with van der Waals surface area (Å²) in [4.78, 5) is 8.79. The van der Waals surface area contributed by atoms with Crippen molar-refractivity contribution in [1.29, 1.82) is 0 Å². The Morgan fingerprint density at radius 3 is 2.71 bits per heavy atom. The molecule has 1 aromatic carbocycles. The van der Waals surface area contributed by atoms with Gasteiger partial charge in [-0.25, -0.2) is 8.42 Å². The number of hydrogen-bond donors (Lipinski definition) is 1. The maximum absolute atomic E-state index is 14.0. The Labute approximate surface area is 231 Å². The number of aliphatic hydroxyl groups is 1. The number of piperazine rings is 1. The van der Waals surface area contributed by atoms with Crippen molar-refractivity contribution in [2.24, 2.45) is 0 Å². The minimum absolute atomic E-state index is 0.0436. The first kappa shape index (κ1) is 26.9. The van der Waals surface area contributed by atoms with Crippen LogP contribution in [0.2, 0.25) is 0 Å². The van der Waals surface area contributed by atoms with Crippen LogP contribution in [0.3, 0.4) is 0 Å². The highest BCUT2D eigenvalue weighted by atomic mass is 79.9. The van der Waals surface area contributed by atoms with E-state index in [1.54, 1.807) is 31.5 Å². The zero-order chi connectivity index (χ0) is 26.9.